The van der Waals surface area contributed by atoms with E-state index in [1.165, 1.54) is 0 Å². The van der Waals surface area contributed by atoms with Crippen LogP contribution in [0.15, 0.2) is 54.9 Å². The van der Waals surface area contributed by atoms with Gasteiger partial charge in [-0.3, -0.25) is 9.59 Å². The number of carbonyl (C=O) groups is 2. The summed E-state index contributed by atoms with van der Waals surface area (Å²) in [5.74, 6) is 0.684. The molecule has 2 amide bonds. The van der Waals surface area contributed by atoms with E-state index in [2.05, 4.69) is 15.6 Å². The molecule has 7 heteroatoms. The molecule has 156 valence electrons. The fourth-order valence-electron chi connectivity index (χ4n) is 3.20. The molecule has 0 saturated heterocycles. The Balaban J connectivity index is 1.74. The third-order valence-electron chi connectivity index (χ3n) is 5.05. The van der Waals surface area contributed by atoms with Crippen LogP contribution in [-0.2, 0) is 11.8 Å². The average Bonchev–Trinajstić information content (AvgIpc) is 3.17. The van der Waals surface area contributed by atoms with Crippen LogP contribution in [0, 0.1) is 13.8 Å². The molecule has 0 fully saturated rings. The molecule has 2 N–H and O–H groups in total. The van der Waals surface area contributed by atoms with E-state index in [1.807, 2.05) is 68.1 Å². The third-order valence-corrected chi connectivity index (χ3v) is 5.05. The largest absolute Gasteiger partial charge is 0.496 e. The van der Waals surface area contributed by atoms with Gasteiger partial charge in [0.1, 0.15) is 17.6 Å². The number of nitrogens with zero attached hydrogens (tertiary/aromatic N) is 2. The van der Waals surface area contributed by atoms with Crippen LogP contribution in [0.1, 0.15) is 38.9 Å². The Labute approximate surface area is 176 Å². The van der Waals surface area contributed by atoms with Gasteiger partial charge in [0.2, 0.25) is 5.91 Å². The van der Waals surface area contributed by atoms with Crippen LogP contribution in [0.25, 0.3) is 0 Å². The molecular weight excluding hydrogens is 380 g/mol. The first-order chi connectivity index (χ1) is 14.4. The van der Waals surface area contributed by atoms with Crippen molar-refractivity contribution < 1.29 is 14.3 Å². The first kappa shape index (κ1) is 21.1. The molecule has 0 aliphatic rings. The fourth-order valence-corrected chi connectivity index (χ4v) is 3.20. The molecule has 0 spiro atoms. The van der Waals surface area contributed by atoms with Gasteiger partial charge in [0, 0.05) is 30.6 Å². The Kier molecular flexibility index (Phi) is 6.51. The summed E-state index contributed by atoms with van der Waals surface area (Å²) in [5.41, 5.74) is 3.44. The molecule has 3 aromatic rings. The van der Waals surface area contributed by atoms with Crippen molar-refractivity contribution >= 4 is 11.8 Å². The molecule has 3 rings (SSSR count). The molecule has 0 aliphatic carbocycles. The minimum atomic E-state index is -0.521. The van der Waals surface area contributed by atoms with Crippen LogP contribution in [0.3, 0.4) is 0 Å². The molecule has 1 heterocycles. The predicted molar refractivity (Wildman–Crippen MR) is 114 cm³/mol. The van der Waals surface area contributed by atoms with E-state index in [0.29, 0.717) is 17.1 Å². The Hall–Kier alpha value is -3.61. The van der Waals surface area contributed by atoms with Gasteiger partial charge in [0.25, 0.3) is 5.91 Å². The van der Waals surface area contributed by atoms with Crippen molar-refractivity contribution in [3.63, 3.8) is 0 Å². The van der Waals surface area contributed by atoms with E-state index in [-0.39, 0.29) is 18.4 Å². The summed E-state index contributed by atoms with van der Waals surface area (Å²) in [6, 6.07) is 12.4. The molecular formula is C23H26N4O3. The van der Waals surface area contributed by atoms with Crippen molar-refractivity contribution in [2.24, 2.45) is 7.05 Å². The number of para-hydroxylation sites is 1. The minimum Gasteiger partial charge on any atom is -0.496 e. The number of imidazole rings is 1. The Morgan fingerprint density at radius 3 is 2.57 bits per heavy atom. The number of hydrogen-bond acceptors (Lipinski definition) is 4. The Morgan fingerprint density at radius 2 is 1.90 bits per heavy atom. The quantitative estimate of drug-likeness (QED) is 0.632. The van der Waals surface area contributed by atoms with Gasteiger partial charge in [0.05, 0.1) is 13.7 Å². The normalized spacial score (nSPS) is 11.6. The number of nitrogens with one attached hydrogen (secondary N) is 2. The van der Waals surface area contributed by atoms with Crippen molar-refractivity contribution in [3.05, 3.63) is 82.9 Å². The number of hydrogen-bond donors (Lipinski definition) is 2. The van der Waals surface area contributed by atoms with Gasteiger partial charge in [-0.05, 0) is 43.2 Å². The number of methoxy groups -OCH3 is 1. The Morgan fingerprint density at radius 1 is 1.13 bits per heavy atom. The van der Waals surface area contributed by atoms with Gasteiger partial charge in [0.15, 0.2) is 0 Å². The van der Waals surface area contributed by atoms with E-state index in [1.54, 1.807) is 19.4 Å². The zero-order valence-corrected chi connectivity index (χ0v) is 17.6. The zero-order valence-electron chi connectivity index (χ0n) is 17.6. The van der Waals surface area contributed by atoms with Crippen LogP contribution in [0.4, 0.5) is 0 Å². The summed E-state index contributed by atoms with van der Waals surface area (Å²) < 4.78 is 7.30. The van der Waals surface area contributed by atoms with Gasteiger partial charge >= 0.3 is 0 Å². The van der Waals surface area contributed by atoms with Crippen LogP contribution in [-0.4, -0.2) is 35.0 Å². The first-order valence-corrected chi connectivity index (χ1v) is 9.65. The fraction of sp³-hybridized carbons (Fsp3) is 0.261. The number of ether oxygens (including phenoxy) is 1. The van der Waals surface area contributed by atoms with Gasteiger partial charge in [-0.1, -0.05) is 24.3 Å². The van der Waals surface area contributed by atoms with Crippen molar-refractivity contribution in [1.82, 2.24) is 20.2 Å². The number of aryl methyl sites for hydroxylation is 3. The van der Waals surface area contributed by atoms with Crippen LogP contribution < -0.4 is 15.4 Å². The highest BCUT2D eigenvalue weighted by Crippen LogP contribution is 2.28. The van der Waals surface area contributed by atoms with E-state index in [9.17, 15) is 9.59 Å². The van der Waals surface area contributed by atoms with Gasteiger partial charge in [-0.25, -0.2) is 4.98 Å². The number of aromatic nitrogens is 2. The maximum Gasteiger partial charge on any atom is 0.251 e. The highest BCUT2D eigenvalue weighted by Gasteiger charge is 2.24. The molecule has 0 bridgehead atoms. The van der Waals surface area contributed by atoms with Crippen LogP contribution >= 0.6 is 0 Å². The summed E-state index contributed by atoms with van der Waals surface area (Å²) in [6.07, 6.45) is 3.48. The molecule has 0 radical (unpaired) electrons. The van der Waals surface area contributed by atoms with Crippen molar-refractivity contribution in [2.45, 2.75) is 19.9 Å². The topological polar surface area (TPSA) is 85.2 Å². The third kappa shape index (κ3) is 4.68. The number of rotatable bonds is 7. The standard InChI is InChI=1S/C23H26N4O3/c1-15-9-10-17(13-16(15)2)23(29)25-14-20(28)26-21(22-24-11-12-27(22)3)18-7-5-6-8-19(18)30-4/h5-13,21H,14H2,1-4H3,(H,25,29)(H,26,28). The predicted octanol–water partition coefficient (Wildman–Crippen LogP) is 2.68. The van der Waals surface area contributed by atoms with Crippen molar-refractivity contribution in [1.29, 1.82) is 0 Å². The highest BCUT2D eigenvalue weighted by atomic mass is 16.5. The molecule has 1 aromatic heterocycles. The SMILES string of the molecule is COc1ccccc1C(NC(=O)CNC(=O)c1ccc(C)c(C)c1)c1nccn1C. The second kappa shape index (κ2) is 9.26. The zero-order chi connectivity index (χ0) is 21.7. The second-order valence-corrected chi connectivity index (χ2v) is 7.12. The lowest BCUT2D eigenvalue weighted by molar-refractivity contribution is -0.120. The van der Waals surface area contributed by atoms with Gasteiger partial charge in [-0.2, -0.15) is 0 Å². The summed E-state index contributed by atoms with van der Waals surface area (Å²) in [7, 11) is 3.44. The number of benzene rings is 2. The van der Waals surface area contributed by atoms with E-state index >= 15 is 0 Å². The molecule has 30 heavy (non-hydrogen) atoms. The maximum absolute atomic E-state index is 12.7. The summed E-state index contributed by atoms with van der Waals surface area (Å²) in [4.78, 5) is 29.5. The second-order valence-electron chi connectivity index (χ2n) is 7.12. The molecule has 2 aromatic carbocycles. The molecule has 1 unspecified atom stereocenters. The minimum absolute atomic E-state index is 0.151. The molecule has 1 atom stereocenters. The summed E-state index contributed by atoms with van der Waals surface area (Å²) in [6.45, 7) is 3.78. The van der Waals surface area contributed by atoms with Crippen molar-refractivity contribution in [2.75, 3.05) is 13.7 Å². The van der Waals surface area contributed by atoms with Crippen LogP contribution in [0.2, 0.25) is 0 Å². The lowest BCUT2D eigenvalue weighted by Gasteiger charge is -2.21. The average molecular weight is 406 g/mol. The smallest absolute Gasteiger partial charge is 0.251 e. The van der Waals surface area contributed by atoms with Gasteiger partial charge < -0.3 is 19.9 Å². The van der Waals surface area contributed by atoms with E-state index in [0.717, 1.165) is 16.7 Å². The summed E-state index contributed by atoms with van der Waals surface area (Å²) in [5, 5.41) is 5.64. The lowest BCUT2D eigenvalue weighted by Crippen LogP contribution is -2.39. The Bertz CT molecular complexity index is 1060. The first-order valence-electron chi connectivity index (χ1n) is 9.65. The molecule has 0 saturated carbocycles. The van der Waals surface area contributed by atoms with E-state index in [4.69, 9.17) is 4.74 Å². The molecule has 7 nitrogen and oxygen atoms in total. The maximum atomic E-state index is 12.7. The van der Waals surface area contributed by atoms with Crippen molar-refractivity contribution in [3.8, 4) is 5.75 Å². The van der Waals surface area contributed by atoms with E-state index < -0.39 is 6.04 Å². The van der Waals surface area contributed by atoms with Crippen LogP contribution in [0.5, 0.6) is 5.75 Å². The lowest BCUT2D eigenvalue weighted by atomic mass is 10.0. The van der Waals surface area contributed by atoms with Gasteiger partial charge in [-0.15, -0.1) is 0 Å². The monoisotopic (exact) mass is 406 g/mol. The number of carbonyl (C=O) groups excluding carboxylic acids is 2. The molecule has 0 aliphatic heterocycles. The highest BCUT2D eigenvalue weighted by molar-refractivity contribution is 5.96. The summed E-state index contributed by atoms with van der Waals surface area (Å²) >= 11 is 0. The number of amides is 2.